The minimum absolute atomic E-state index is 1.03. The first-order chi connectivity index (χ1) is 5.83. The number of benzene rings is 1. The molecule has 0 bridgehead atoms. The highest BCUT2D eigenvalue weighted by Gasteiger charge is 1.87. The Labute approximate surface area is 78.2 Å². The predicted molar refractivity (Wildman–Crippen MR) is 60.5 cm³/mol. The Balaban J connectivity index is 0.000000561. The van der Waals surface area contributed by atoms with Crippen LogP contribution < -0.4 is 0 Å². The van der Waals surface area contributed by atoms with Crippen LogP contribution in [0.5, 0.6) is 0 Å². The lowest BCUT2D eigenvalue weighted by Crippen LogP contribution is -1.77. The summed E-state index contributed by atoms with van der Waals surface area (Å²) in [6, 6.07) is 8.78. The Morgan fingerprint density at radius 3 is 2.00 bits per heavy atom. The van der Waals surface area contributed by atoms with E-state index in [1.165, 1.54) is 17.3 Å². The van der Waals surface area contributed by atoms with Crippen LogP contribution in [0, 0.1) is 6.92 Å². The lowest BCUT2D eigenvalue weighted by molar-refractivity contribution is 1.36. The molecule has 0 aliphatic rings. The SMILES string of the molecule is CC.CPCc1ccc(C)cc1. The number of rotatable bonds is 2. The molecule has 0 saturated carbocycles. The van der Waals surface area contributed by atoms with Crippen molar-refractivity contribution in [3.05, 3.63) is 35.4 Å². The van der Waals surface area contributed by atoms with E-state index >= 15 is 0 Å². The van der Waals surface area contributed by atoms with Gasteiger partial charge in [-0.2, -0.15) is 0 Å². The van der Waals surface area contributed by atoms with Crippen LogP contribution in [-0.4, -0.2) is 6.66 Å². The van der Waals surface area contributed by atoms with E-state index in [1.807, 2.05) is 13.8 Å². The van der Waals surface area contributed by atoms with Crippen LogP contribution in [-0.2, 0) is 6.16 Å². The molecular weight excluding hydrogens is 163 g/mol. The van der Waals surface area contributed by atoms with Crippen molar-refractivity contribution in [1.29, 1.82) is 0 Å². The zero-order chi connectivity index (χ0) is 9.40. The second kappa shape index (κ2) is 7.31. The molecule has 1 rings (SSSR count). The van der Waals surface area contributed by atoms with E-state index < -0.39 is 0 Å². The quantitative estimate of drug-likeness (QED) is 0.610. The van der Waals surface area contributed by atoms with Gasteiger partial charge < -0.3 is 0 Å². The van der Waals surface area contributed by atoms with Crippen LogP contribution in [0.2, 0.25) is 0 Å². The molecule has 1 unspecified atom stereocenters. The number of hydrogen-bond donors (Lipinski definition) is 0. The van der Waals surface area contributed by atoms with Gasteiger partial charge in [-0.15, -0.1) is 8.58 Å². The van der Waals surface area contributed by atoms with Gasteiger partial charge in [0.1, 0.15) is 0 Å². The summed E-state index contributed by atoms with van der Waals surface area (Å²) in [7, 11) is 1.03. The Morgan fingerprint density at radius 2 is 1.58 bits per heavy atom. The van der Waals surface area contributed by atoms with Crippen LogP contribution in [0.25, 0.3) is 0 Å². The predicted octanol–water partition coefficient (Wildman–Crippen LogP) is 3.83. The summed E-state index contributed by atoms with van der Waals surface area (Å²) in [6.07, 6.45) is 1.24. The molecule has 0 fully saturated rings. The number of hydrogen-bond acceptors (Lipinski definition) is 0. The molecule has 0 heterocycles. The topological polar surface area (TPSA) is 0 Å². The Kier molecular flexibility index (Phi) is 7.09. The Morgan fingerprint density at radius 1 is 1.08 bits per heavy atom. The van der Waals surface area contributed by atoms with Gasteiger partial charge >= 0.3 is 0 Å². The van der Waals surface area contributed by atoms with E-state index in [0.29, 0.717) is 0 Å². The van der Waals surface area contributed by atoms with Crippen molar-refractivity contribution in [3.63, 3.8) is 0 Å². The smallest absolute Gasteiger partial charge is 0.0103 e. The van der Waals surface area contributed by atoms with E-state index in [0.717, 1.165) is 8.58 Å². The Bertz CT molecular complexity index is 189. The molecule has 0 radical (unpaired) electrons. The third kappa shape index (κ3) is 4.51. The highest BCUT2D eigenvalue weighted by molar-refractivity contribution is 7.36. The van der Waals surface area contributed by atoms with Gasteiger partial charge in [-0.1, -0.05) is 43.7 Å². The molecule has 0 amide bonds. The summed E-state index contributed by atoms with van der Waals surface area (Å²) in [5.41, 5.74) is 2.81. The molecule has 1 aromatic carbocycles. The van der Waals surface area contributed by atoms with Crippen molar-refractivity contribution >= 4 is 8.58 Å². The summed E-state index contributed by atoms with van der Waals surface area (Å²) in [5.74, 6) is 0. The van der Waals surface area contributed by atoms with Gasteiger partial charge in [-0.25, -0.2) is 0 Å². The fraction of sp³-hybridized carbons (Fsp3) is 0.455. The molecule has 68 valence electrons. The minimum Gasteiger partial charge on any atom is -0.121 e. The average molecular weight is 182 g/mol. The fourth-order valence-electron chi connectivity index (χ4n) is 0.910. The first-order valence-electron chi connectivity index (χ1n) is 4.53. The van der Waals surface area contributed by atoms with E-state index in [-0.39, 0.29) is 0 Å². The molecule has 0 N–H and O–H groups in total. The third-order valence-electron chi connectivity index (χ3n) is 1.50. The summed E-state index contributed by atoms with van der Waals surface area (Å²) >= 11 is 0. The van der Waals surface area contributed by atoms with Gasteiger partial charge in [0.05, 0.1) is 0 Å². The van der Waals surface area contributed by atoms with Crippen LogP contribution >= 0.6 is 8.58 Å². The monoisotopic (exact) mass is 182 g/mol. The average Bonchev–Trinajstić information content (AvgIpc) is 2.13. The van der Waals surface area contributed by atoms with Gasteiger partial charge in [-0.05, 0) is 25.3 Å². The standard InChI is InChI=1S/C9H13P.C2H6/c1-8-3-5-9(6-4-8)7-10-2;1-2/h3-6,10H,7H2,1-2H3;1-2H3. The van der Waals surface area contributed by atoms with E-state index in [4.69, 9.17) is 0 Å². The highest BCUT2D eigenvalue weighted by Crippen LogP contribution is 2.13. The summed E-state index contributed by atoms with van der Waals surface area (Å²) < 4.78 is 0. The van der Waals surface area contributed by atoms with Crippen LogP contribution in [0.1, 0.15) is 25.0 Å². The van der Waals surface area contributed by atoms with Crippen molar-refractivity contribution in [3.8, 4) is 0 Å². The molecule has 0 nitrogen and oxygen atoms in total. The molecule has 1 aromatic rings. The molecule has 0 aliphatic carbocycles. The molecular formula is C11H19P. The molecule has 1 heteroatoms. The zero-order valence-corrected chi connectivity index (χ0v) is 9.52. The molecule has 1 atom stereocenters. The maximum absolute atomic E-state index is 2.24. The highest BCUT2D eigenvalue weighted by atomic mass is 31.1. The molecule has 0 aliphatic heterocycles. The second-order valence-corrected chi connectivity index (χ2v) is 3.58. The normalized spacial score (nSPS) is 9.67. The van der Waals surface area contributed by atoms with Gasteiger partial charge in [0, 0.05) is 0 Å². The van der Waals surface area contributed by atoms with Crippen molar-refractivity contribution in [1.82, 2.24) is 0 Å². The minimum atomic E-state index is 1.03. The maximum atomic E-state index is 2.24. The molecule has 0 spiro atoms. The van der Waals surface area contributed by atoms with Crippen molar-refractivity contribution in [2.75, 3.05) is 6.66 Å². The fourth-order valence-corrected chi connectivity index (χ4v) is 1.55. The van der Waals surface area contributed by atoms with Crippen molar-refractivity contribution < 1.29 is 0 Å². The maximum Gasteiger partial charge on any atom is -0.0103 e. The second-order valence-electron chi connectivity index (χ2n) is 2.52. The van der Waals surface area contributed by atoms with Crippen LogP contribution in [0.4, 0.5) is 0 Å². The van der Waals surface area contributed by atoms with Gasteiger partial charge in [-0.3, -0.25) is 0 Å². The summed E-state index contributed by atoms with van der Waals surface area (Å²) in [4.78, 5) is 0. The summed E-state index contributed by atoms with van der Waals surface area (Å²) in [6.45, 7) is 8.36. The van der Waals surface area contributed by atoms with Gasteiger partial charge in [0.25, 0.3) is 0 Å². The Hall–Kier alpha value is -0.350. The summed E-state index contributed by atoms with van der Waals surface area (Å²) in [5, 5.41) is 0. The third-order valence-corrected chi connectivity index (χ3v) is 2.26. The largest absolute Gasteiger partial charge is 0.121 e. The molecule has 0 saturated heterocycles. The van der Waals surface area contributed by atoms with Crippen molar-refractivity contribution in [2.24, 2.45) is 0 Å². The van der Waals surface area contributed by atoms with E-state index in [9.17, 15) is 0 Å². The van der Waals surface area contributed by atoms with Crippen molar-refractivity contribution in [2.45, 2.75) is 26.9 Å². The lowest BCUT2D eigenvalue weighted by atomic mass is 10.2. The van der Waals surface area contributed by atoms with Gasteiger partial charge in [0.15, 0.2) is 0 Å². The first kappa shape index (κ1) is 11.6. The zero-order valence-electron chi connectivity index (χ0n) is 8.52. The van der Waals surface area contributed by atoms with E-state index in [1.54, 1.807) is 0 Å². The lowest BCUT2D eigenvalue weighted by Gasteiger charge is -1.97. The van der Waals surface area contributed by atoms with Gasteiger partial charge in [0.2, 0.25) is 0 Å². The first-order valence-corrected chi connectivity index (χ1v) is 6.24. The van der Waals surface area contributed by atoms with Crippen LogP contribution in [0.15, 0.2) is 24.3 Å². The number of aryl methyl sites for hydroxylation is 1. The van der Waals surface area contributed by atoms with E-state index in [2.05, 4.69) is 37.9 Å². The molecule has 0 aromatic heterocycles. The van der Waals surface area contributed by atoms with Crippen LogP contribution in [0.3, 0.4) is 0 Å². The molecule has 12 heavy (non-hydrogen) atoms.